The van der Waals surface area contributed by atoms with E-state index in [1.165, 1.54) is 38.8 Å². The third-order valence-electron chi connectivity index (χ3n) is 2.95. The van der Waals surface area contributed by atoms with Crippen molar-refractivity contribution in [2.24, 2.45) is 5.92 Å². The SMILES string of the molecule is C(=C\C1CCCO1)/C1CCNCC1.Cl. The Morgan fingerprint density at radius 3 is 2.50 bits per heavy atom. The van der Waals surface area contributed by atoms with Crippen molar-refractivity contribution in [3.63, 3.8) is 0 Å². The first-order valence-electron chi connectivity index (χ1n) is 5.46. The van der Waals surface area contributed by atoms with Crippen LogP contribution in [-0.4, -0.2) is 25.8 Å². The van der Waals surface area contributed by atoms with Gasteiger partial charge in [-0.15, -0.1) is 12.4 Å². The molecule has 2 nitrogen and oxygen atoms in total. The summed E-state index contributed by atoms with van der Waals surface area (Å²) in [5.74, 6) is 0.797. The van der Waals surface area contributed by atoms with Gasteiger partial charge < -0.3 is 10.1 Å². The molecule has 1 unspecified atom stereocenters. The van der Waals surface area contributed by atoms with Gasteiger partial charge in [0.15, 0.2) is 0 Å². The number of nitrogens with one attached hydrogen (secondary N) is 1. The summed E-state index contributed by atoms with van der Waals surface area (Å²) in [6.07, 6.45) is 10.1. The Hall–Kier alpha value is -0.0500. The summed E-state index contributed by atoms with van der Waals surface area (Å²) in [5.41, 5.74) is 0. The van der Waals surface area contributed by atoms with Crippen LogP contribution in [-0.2, 0) is 4.74 Å². The lowest BCUT2D eigenvalue weighted by Crippen LogP contribution is -2.26. The third kappa shape index (κ3) is 3.60. The minimum absolute atomic E-state index is 0. The minimum Gasteiger partial charge on any atom is -0.374 e. The number of rotatable bonds is 2. The number of piperidine rings is 1. The molecule has 1 atom stereocenters. The molecule has 0 amide bonds. The number of hydrogen-bond acceptors (Lipinski definition) is 2. The zero-order chi connectivity index (χ0) is 8.93. The van der Waals surface area contributed by atoms with Crippen molar-refractivity contribution in [1.29, 1.82) is 0 Å². The molecule has 0 aromatic carbocycles. The molecule has 2 aliphatic rings. The Bertz CT molecular complexity index is 172. The zero-order valence-electron chi connectivity index (χ0n) is 8.58. The lowest BCUT2D eigenvalue weighted by Gasteiger charge is -2.19. The van der Waals surface area contributed by atoms with Gasteiger partial charge in [-0.1, -0.05) is 12.2 Å². The summed E-state index contributed by atoms with van der Waals surface area (Å²) in [6.45, 7) is 3.32. The Balaban J connectivity index is 0.000000980. The molecule has 0 bridgehead atoms. The van der Waals surface area contributed by atoms with Crippen molar-refractivity contribution in [3.8, 4) is 0 Å². The van der Waals surface area contributed by atoms with Gasteiger partial charge in [-0.3, -0.25) is 0 Å². The van der Waals surface area contributed by atoms with E-state index in [0.29, 0.717) is 6.10 Å². The Labute approximate surface area is 92.5 Å². The predicted molar refractivity (Wildman–Crippen MR) is 61.0 cm³/mol. The first-order chi connectivity index (χ1) is 6.45. The van der Waals surface area contributed by atoms with Crippen LogP contribution in [0.5, 0.6) is 0 Å². The molecule has 0 aromatic heterocycles. The Morgan fingerprint density at radius 1 is 1.07 bits per heavy atom. The van der Waals surface area contributed by atoms with E-state index >= 15 is 0 Å². The van der Waals surface area contributed by atoms with E-state index in [0.717, 1.165) is 12.5 Å². The van der Waals surface area contributed by atoms with Crippen molar-refractivity contribution in [2.75, 3.05) is 19.7 Å². The minimum atomic E-state index is 0. The molecular formula is C11H20ClNO. The monoisotopic (exact) mass is 217 g/mol. The van der Waals surface area contributed by atoms with Gasteiger partial charge in [-0.05, 0) is 44.7 Å². The quantitative estimate of drug-likeness (QED) is 0.716. The van der Waals surface area contributed by atoms with E-state index in [9.17, 15) is 0 Å². The molecule has 0 radical (unpaired) electrons. The molecule has 2 aliphatic heterocycles. The van der Waals surface area contributed by atoms with Crippen LogP contribution in [0.3, 0.4) is 0 Å². The van der Waals surface area contributed by atoms with E-state index in [1.54, 1.807) is 0 Å². The van der Waals surface area contributed by atoms with Gasteiger partial charge in [-0.25, -0.2) is 0 Å². The first kappa shape index (κ1) is 12.0. The fourth-order valence-electron chi connectivity index (χ4n) is 2.07. The van der Waals surface area contributed by atoms with Crippen LogP contribution in [0, 0.1) is 5.92 Å². The van der Waals surface area contributed by atoms with Gasteiger partial charge in [0.25, 0.3) is 0 Å². The summed E-state index contributed by atoms with van der Waals surface area (Å²) in [4.78, 5) is 0. The maximum Gasteiger partial charge on any atom is 0.0756 e. The van der Waals surface area contributed by atoms with E-state index in [-0.39, 0.29) is 12.4 Å². The zero-order valence-corrected chi connectivity index (χ0v) is 9.39. The standard InChI is InChI=1S/C11H19NO.ClH/c1-2-11(13-9-1)4-3-10-5-7-12-8-6-10;/h3-4,10-12H,1-2,5-9H2;1H/b4-3+;. The van der Waals surface area contributed by atoms with E-state index < -0.39 is 0 Å². The largest absolute Gasteiger partial charge is 0.374 e. The molecule has 14 heavy (non-hydrogen) atoms. The van der Waals surface area contributed by atoms with Gasteiger partial charge in [-0.2, -0.15) is 0 Å². The fraction of sp³-hybridized carbons (Fsp3) is 0.818. The molecule has 82 valence electrons. The number of halogens is 1. The van der Waals surface area contributed by atoms with Crippen LogP contribution in [0.2, 0.25) is 0 Å². The highest BCUT2D eigenvalue weighted by molar-refractivity contribution is 5.85. The molecule has 0 spiro atoms. The highest BCUT2D eigenvalue weighted by Crippen LogP contribution is 2.17. The van der Waals surface area contributed by atoms with Crippen molar-refractivity contribution >= 4 is 12.4 Å². The molecule has 2 saturated heterocycles. The van der Waals surface area contributed by atoms with E-state index in [1.807, 2.05) is 0 Å². The topological polar surface area (TPSA) is 21.3 Å². The third-order valence-corrected chi connectivity index (χ3v) is 2.95. The smallest absolute Gasteiger partial charge is 0.0756 e. The average Bonchev–Trinajstić information content (AvgIpc) is 2.69. The molecule has 0 aliphatic carbocycles. The molecule has 2 rings (SSSR count). The summed E-state index contributed by atoms with van der Waals surface area (Å²) in [7, 11) is 0. The molecule has 3 heteroatoms. The maximum atomic E-state index is 5.54. The highest BCUT2D eigenvalue weighted by atomic mass is 35.5. The van der Waals surface area contributed by atoms with Crippen molar-refractivity contribution in [1.82, 2.24) is 5.32 Å². The van der Waals surface area contributed by atoms with Crippen LogP contribution in [0.4, 0.5) is 0 Å². The second kappa shape index (κ2) is 6.44. The van der Waals surface area contributed by atoms with Crippen LogP contribution in [0.25, 0.3) is 0 Å². The van der Waals surface area contributed by atoms with Crippen molar-refractivity contribution < 1.29 is 4.74 Å². The lowest BCUT2D eigenvalue weighted by atomic mass is 9.97. The van der Waals surface area contributed by atoms with Crippen LogP contribution >= 0.6 is 12.4 Å². The van der Waals surface area contributed by atoms with Crippen molar-refractivity contribution in [2.45, 2.75) is 31.8 Å². The molecular weight excluding hydrogens is 198 g/mol. The van der Waals surface area contributed by atoms with Crippen LogP contribution in [0.15, 0.2) is 12.2 Å². The summed E-state index contributed by atoms with van der Waals surface area (Å²) < 4.78 is 5.54. The lowest BCUT2D eigenvalue weighted by molar-refractivity contribution is 0.145. The second-order valence-corrected chi connectivity index (χ2v) is 4.02. The average molecular weight is 218 g/mol. The molecule has 1 N–H and O–H groups in total. The van der Waals surface area contributed by atoms with Gasteiger partial charge in [0.1, 0.15) is 0 Å². The normalized spacial score (nSPS) is 29.3. The number of allylic oxidation sites excluding steroid dienone is 1. The molecule has 2 fully saturated rings. The Morgan fingerprint density at radius 2 is 1.86 bits per heavy atom. The fourth-order valence-corrected chi connectivity index (χ4v) is 2.07. The van der Waals surface area contributed by atoms with Crippen molar-refractivity contribution in [3.05, 3.63) is 12.2 Å². The summed E-state index contributed by atoms with van der Waals surface area (Å²) in [5, 5.41) is 3.38. The van der Waals surface area contributed by atoms with Crippen LogP contribution in [0.1, 0.15) is 25.7 Å². The summed E-state index contributed by atoms with van der Waals surface area (Å²) in [6, 6.07) is 0. The molecule has 0 saturated carbocycles. The van der Waals surface area contributed by atoms with Gasteiger partial charge in [0, 0.05) is 6.61 Å². The van der Waals surface area contributed by atoms with Gasteiger partial charge in [0.2, 0.25) is 0 Å². The maximum absolute atomic E-state index is 5.54. The van der Waals surface area contributed by atoms with E-state index in [2.05, 4.69) is 17.5 Å². The first-order valence-corrected chi connectivity index (χ1v) is 5.46. The predicted octanol–water partition coefficient (Wildman–Crippen LogP) is 2.14. The Kier molecular flexibility index (Phi) is 5.53. The van der Waals surface area contributed by atoms with Crippen LogP contribution < -0.4 is 5.32 Å². The van der Waals surface area contributed by atoms with Gasteiger partial charge in [0.05, 0.1) is 6.10 Å². The second-order valence-electron chi connectivity index (χ2n) is 4.02. The number of ether oxygens (including phenoxy) is 1. The van der Waals surface area contributed by atoms with Gasteiger partial charge >= 0.3 is 0 Å². The number of hydrogen-bond donors (Lipinski definition) is 1. The van der Waals surface area contributed by atoms with E-state index in [4.69, 9.17) is 4.74 Å². The molecule has 0 aromatic rings. The highest BCUT2D eigenvalue weighted by Gasteiger charge is 2.14. The molecule has 2 heterocycles. The summed E-state index contributed by atoms with van der Waals surface area (Å²) >= 11 is 0.